The summed E-state index contributed by atoms with van der Waals surface area (Å²) in [6.45, 7) is 7.09. The minimum absolute atomic E-state index is 0.145. The van der Waals surface area contributed by atoms with E-state index in [4.69, 9.17) is 5.73 Å². The first-order valence-corrected chi connectivity index (χ1v) is 6.96. The molecule has 0 unspecified atom stereocenters. The van der Waals surface area contributed by atoms with E-state index in [1.807, 2.05) is 11.9 Å². The molecule has 1 aromatic rings. The molecule has 104 valence electrons. The number of hydrogen-bond acceptors (Lipinski definition) is 2. The maximum absolute atomic E-state index is 12.2. The molecule has 0 aromatic heterocycles. The van der Waals surface area contributed by atoms with Crippen LogP contribution in [0.2, 0.25) is 0 Å². The summed E-state index contributed by atoms with van der Waals surface area (Å²) in [5.74, 6) is 0.381. The molecule has 0 bridgehead atoms. The number of amides is 1. The highest BCUT2D eigenvalue weighted by Gasteiger charge is 2.33. The third-order valence-corrected chi connectivity index (χ3v) is 4.48. The Morgan fingerprint density at radius 2 is 1.89 bits per heavy atom. The van der Waals surface area contributed by atoms with Crippen LogP contribution in [0.3, 0.4) is 0 Å². The predicted molar refractivity (Wildman–Crippen MR) is 77.8 cm³/mol. The Hall–Kier alpha value is -1.35. The van der Waals surface area contributed by atoms with Crippen LogP contribution < -0.4 is 5.73 Å². The zero-order valence-corrected chi connectivity index (χ0v) is 12.4. The van der Waals surface area contributed by atoms with Crippen molar-refractivity contribution >= 4 is 5.91 Å². The van der Waals surface area contributed by atoms with Crippen molar-refractivity contribution in [1.82, 2.24) is 4.90 Å². The lowest BCUT2D eigenvalue weighted by molar-refractivity contribution is -0.137. The summed E-state index contributed by atoms with van der Waals surface area (Å²) in [4.78, 5) is 14.0. The Morgan fingerprint density at radius 1 is 1.26 bits per heavy atom. The summed E-state index contributed by atoms with van der Waals surface area (Å²) in [7, 11) is 1.89. The third-order valence-electron chi connectivity index (χ3n) is 4.48. The van der Waals surface area contributed by atoms with E-state index < -0.39 is 0 Å². The van der Waals surface area contributed by atoms with Gasteiger partial charge in [-0.05, 0) is 55.9 Å². The molecule has 0 spiro atoms. The Balaban J connectivity index is 2.05. The molecule has 1 aliphatic carbocycles. The van der Waals surface area contributed by atoms with Crippen LogP contribution in [0, 0.1) is 26.7 Å². The summed E-state index contributed by atoms with van der Waals surface area (Å²) < 4.78 is 0. The molecule has 3 heteroatoms. The van der Waals surface area contributed by atoms with E-state index in [9.17, 15) is 4.79 Å². The molecule has 2 rings (SSSR count). The van der Waals surface area contributed by atoms with Gasteiger partial charge in [0.2, 0.25) is 5.91 Å². The van der Waals surface area contributed by atoms with Crippen LogP contribution in [-0.4, -0.2) is 23.9 Å². The van der Waals surface area contributed by atoms with Crippen LogP contribution in [0.4, 0.5) is 0 Å². The Bertz CT molecular complexity index is 490. The second-order valence-corrected chi connectivity index (χ2v) is 5.91. The summed E-state index contributed by atoms with van der Waals surface area (Å²) in [6.07, 6.45) is 1.68. The van der Waals surface area contributed by atoms with Crippen LogP contribution in [0.1, 0.15) is 35.1 Å². The highest BCUT2D eigenvalue weighted by Crippen LogP contribution is 2.28. The van der Waals surface area contributed by atoms with Crippen molar-refractivity contribution < 1.29 is 4.79 Å². The lowest BCUT2D eigenvalue weighted by Crippen LogP contribution is -2.45. The largest absolute Gasteiger partial charge is 0.341 e. The number of carbonyl (C=O) groups excluding carboxylic acids is 1. The van der Waals surface area contributed by atoms with Gasteiger partial charge in [-0.3, -0.25) is 4.79 Å². The molecule has 2 N–H and O–H groups in total. The summed E-state index contributed by atoms with van der Waals surface area (Å²) >= 11 is 0. The number of benzene rings is 1. The molecular formula is C16H24N2O. The van der Waals surface area contributed by atoms with Crippen molar-refractivity contribution in [2.75, 3.05) is 7.05 Å². The van der Waals surface area contributed by atoms with E-state index in [1.165, 1.54) is 22.3 Å². The van der Waals surface area contributed by atoms with Crippen molar-refractivity contribution in [2.24, 2.45) is 11.7 Å². The van der Waals surface area contributed by atoms with E-state index in [2.05, 4.69) is 32.9 Å². The molecule has 3 nitrogen and oxygen atoms in total. The van der Waals surface area contributed by atoms with Gasteiger partial charge < -0.3 is 10.6 Å². The lowest BCUT2D eigenvalue weighted by Gasteiger charge is -2.34. The Labute approximate surface area is 115 Å². The predicted octanol–water partition coefficient (Wildman–Crippen LogP) is 2.31. The monoisotopic (exact) mass is 260 g/mol. The van der Waals surface area contributed by atoms with Crippen molar-refractivity contribution in [2.45, 2.75) is 46.2 Å². The van der Waals surface area contributed by atoms with Gasteiger partial charge in [0.25, 0.3) is 0 Å². The van der Waals surface area contributed by atoms with Crippen LogP contribution in [0.25, 0.3) is 0 Å². The maximum atomic E-state index is 12.2. The number of nitrogens with two attached hydrogens (primary N) is 1. The standard InChI is InChI=1S/C16H24N2O/c1-10-5-6-13(12(3)11(10)2)9-18(4)16(19)14-7-15(17)8-14/h5-6,14-15H,7-9,17H2,1-4H3. The first kappa shape index (κ1) is 14.1. The number of nitrogens with zero attached hydrogens (tertiary/aromatic N) is 1. The molecular weight excluding hydrogens is 236 g/mol. The van der Waals surface area contributed by atoms with Crippen molar-refractivity contribution in [3.8, 4) is 0 Å². The molecule has 0 saturated heterocycles. The molecule has 1 fully saturated rings. The average molecular weight is 260 g/mol. The minimum atomic E-state index is 0.145. The summed E-state index contributed by atoms with van der Waals surface area (Å²) in [5, 5.41) is 0. The van der Waals surface area contributed by atoms with Crippen LogP contribution in [-0.2, 0) is 11.3 Å². The molecule has 0 heterocycles. The van der Waals surface area contributed by atoms with E-state index in [-0.39, 0.29) is 17.9 Å². The molecule has 0 atom stereocenters. The molecule has 0 aliphatic heterocycles. The van der Waals surface area contributed by atoms with Crippen LogP contribution in [0.5, 0.6) is 0 Å². The zero-order chi connectivity index (χ0) is 14.2. The minimum Gasteiger partial charge on any atom is -0.341 e. The van der Waals surface area contributed by atoms with E-state index in [0.717, 1.165) is 12.8 Å². The highest BCUT2D eigenvalue weighted by atomic mass is 16.2. The second kappa shape index (κ2) is 5.33. The molecule has 1 saturated carbocycles. The van der Waals surface area contributed by atoms with E-state index in [0.29, 0.717) is 6.54 Å². The first-order chi connectivity index (χ1) is 8.90. The van der Waals surface area contributed by atoms with Crippen molar-refractivity contribution in [3.63, 3.8) is 0 Å². The van der Waals surface area contributed by atoms with Gasteiger partial charge in [0, 0.05) is 25.6 Å². The second-order valence-electron chi connectivity index (χ2n) is 5.91. The normalized spacial score (nSPS) is 21.9. The topological polar surface area (TPSA) is 46.3 Å². The van der Waals surface area contributed by atoms with Gasteiger partial charge in [0.05, 0.1) is 0 Å². The summed E-state index contributed by atoms with van der Waals surface area (Å²) in [5.41, 5.74) is 10.9. The Kier molecular flexibility index (Phi) is 3.95. The number of carbonyl (C=O) groups is 1. The van der Waals surface area contributed by atoms with Gasteiger partial charge >= 0.3 is 0 Å². The van der Waals surface area contributed by atoms with Gasteiger partial charge in [-0.1, -0.05) is 12.1 Å². The van der Waals surface area contributed by atoms with Crippen LogP contribution in [0.15, 0.2) is 12.1 Å². The van der Waals surface area contributed by atoms with Gasteiger partial charge in [0.15, 0.2) is 0 Å². The number of hydrogen-bond donors (Lipinski definition) is 1. The van der Waals surface area contributed by atoms with Gasteiger partial charge in [0.1, 0.15) is 0 Å². The maximum Gasteiger partial charge on any atom is 0.225 e. The zero-order valence-electron chi connectivity index (χ0n) is 12.4. The molecule has 19 heavy (non-hydrogen) atoms. The van der Waals surface area contributed by atoms with Crippen LogP contribution >= 0.6 is 0 Å². The molecule has 0 radical (unpaired) electrons. The quantitative estimate of drug-likeness (QED) is 0.906. The molecule has 1 aromatic carbocycles. The number of rotatable bonds is 3. The fraction of sp³-hybridized carbons (Fsp3) is 0.562. The number of aryl methyl sites for hydroxylation is 1. The van der Waals surface area contributed by atoms with Gasteiger partial charge in [-0.25, -0.2) is 0 Å². The SMILES string of the molecule is Cc1ccc(CN(C)C(=O)C2CC(N)C2)c(C)c1C. The summed E-state index contributed by atoms with van der Waals surface area (Å²) in [6, 6.07) is 4.49. The third kappa shape index (κ3) is 2.81. The van der Waals surface area contributed by atoms with E-state index in [1.54, 1.807) is 0 Å². The van der Waals surface area contributed by atoms with E-state index >= 15 is 0 Å². The average Bonchev–Trinajstić information content (AvgIpc) is 2.35. The lowest BCUT2D eigenvalue weighted by atomic mass is 9.80. The Morgan fingerprint density at radius 3 is 2.47 bits per heavy atom. The van der Waals surface area contributed by atoms with Gasteiger partial charge in [-0.15, -0.1) is 0 Å². The smallest absolute Gasteiger partial charge is 0.225 e. The fourth-order valence-electron chi connectivity index (χ4n) is 2.69. The molecule has 1 amide bonds. The van der Waals surface area contributed by atoms with Crippen molar-refractivity contribution in [3.05, 3.63) is 34.4 Å². The fourth-order valence-corrected chi connectivity index (χ4v) is 2.69. The first-order valence-electron chi connectivity index (χ1n) is 6.96. The molecule has 1 aliphatic rings. The highest BCUT2D eigenvalue weighted by molar-refractivity contribution is 5.79. The van der Waals surface area contributed by atoms with Gasteiger partial charge in [-0.2, -0.15) is 0 Å². The van der Waals surface area contributed by atoms with Crippen molar-refractivity contribution in [1.29, 1.82) is 0 Å².